The number of anilines is 1. The van der Waals surface area contributed by atoms with Crippen LogP contribution in [0.4, 0.5) is 10.5 Å². The van der Waals surface area contributed by atoms with Crippen molar-refractivity contribution in [1.82, 2.24) is 10.2 Å². The summed E-state index contributed by atoms with van der Waals surface area (Å²) in [5.74, 6) is -2.71. The third kappa shape index (κ3) is 4.43. The molecule has 0 aliphatic carbocycles. The summed E-state index contributed by atoms with van der Waals surface area (Å²) in [6.07, 6.45) is 0.0192. The van der Waals surface area contributed by atoms with Crippen LogP contribution in [0.3, 0.4) is 0 Å². The molecule has 1 heterocycles. The third-order valence-electron chi connectivity index (χ3n) is 3.63. The number of amides is 2. The Morgan fingerprint density at radius 3 is 2.74 bits per heavy atom. The minimum absolute atomic E-state index is 0.0475. The predicted molar refractivity (Wildman–Crippen MR) is 86.0 cm³/mol. The van der Waals surface area contributed by atoms with Gasteiger partial charge >= 0.3 is 6.09 Å². The van der Waals surface area contributed by atoms with Gasteiger partial charge < -0.3 is 25.0 Å². The molecule has 0 aromatic heterocycles. The molecule has 2 N–H and O–H groups in total. The summed E-state index contributed by atoms with van der Waals surface area (Å²) in [6, 6.07) is 8.99. The van der Waals surface area contributed by atoms with Gasteiger partial charge in [-0.3, -0.25) is 4.79 Å². The van der Waals surface area contributed by atoms with Gasteiger partial charge in [0.15, 0.2) is 0 Å². The first-order chi connectivity index (χ1) is 10.9. The zero-order valence-corrected chi connectivity index (χ0v) is 13.5. The van der Waals surface area contributed by atoms with Gasteiger partial charge in [-0.2, -0.15) is 0 Å². The Kier molecular flexibility index (Phi) is 5.57. The number of aliphatic hydroxyl groups is 1. The van der Waals surface area contributed by atoms with Crippen LogP contribution in [-0.2, 0) is 9.53 Å². The second-order valence-corrected chi connectivity index (χ2v) is 5.80. The van der Waals surface area contributed by atoms with Crippen LogP contribution in [0, 0.1) is 0 Å². The Hall–Kier alpha value is -2.12. The molecule has 23 heavy (non-hydrogen) atoms. The van der Waals surface area contributed by atoms with Crippen LogP contribution in [0.25, 0.3) is 0 Å². The van der Waals surface area contributed by atoms with Crippen molar-refractivity contribution in [3.63, 3.8) is 0 Å². The maximum Gasteiger partial charge on any atom is 0.410 e. The molecular formula is C16H23N3O4. The first-order valence-corrected chi connectivity index (χ1v) is 7.63. The monoisotopic (exact) mass is 321 g/mol. The lowest BCUT2D eigenvalue weighted by Crippen LogP contribution is -2.46. The highest BCUT2D eigenvalue weighted by molar-refractivity contribution is 6.01. The fourth-order valence-corrected chi connectivity index (χ4v) is 2.41. The van der Waals surface area contributed by atoms with Crippen molar-refractivity contribution in [1.29, 1.82) is 0 Å². The minimum Gasteiger partial charge on any atom is -0.407 e. The number of para-hydroxylation sites is 1. The largest absolute Gasteiger partial charge is 0.410 e. The highest BCUT2D eigenvalue weighted by Gasteiger charge is 2.49. The van der Waals surface area contributed by atoms with E-state index in [0.29, 0.717) is 18.8 Å². The number of ether oxygens (including phenoxy) is 1. The van der Waals surface area contributed by atoms with Gasteiger partial charge in [-0.15, -0.1) is 0 Å². The first-order valence-electron chi connectivity index (χ1n) is 7.63. The molecule has 1 fully saturated rings. The van der Waals surface area contributed by atoms with E-state index in [1.165, 1.54) is 4.90 Å². The minimum atomic E-state index is -2.10. The number of rotatable bonds is 6. The highest BCUT2D eigenvalue weighted by Crippen LogP contribution is 2.29. The topological polar surface area (TPSA) is 82.1 Å². The van der Waals surface area contributed by atoms with Crippen molar-refractivity contribution in [2.45, 2.75) is 18.6 Å². The van der Waals surface area contributed by atoms with Gasteiger partial charge in [0, 0.05) is 25.2 Å². The normalized spacial score (nSPS) is 20.9. The molecule has 0 spiro atoms. The SMILES string of the molecule is CN(C)CCCNC(=O)O[C@@]1(O)CCN(c2ccccc2)C1=O. The summed E-state index contributed by atoms with van der Waals surface area (Å²) in [5, 5.41) is 12.9. The summed E-state index contributed by atoms with van der Waals surface area (Å²) in [5.41, 5.74) is 0.670. The van der Waals surface area contributed by atoms with E-state index in [4.69, 9.17) is 4.74 Å². The standard InChI is InChI=1S/C16H23N3O4/c1-18(2)11-6-10-17-15(21)23-16(22)9-12-19(14(16)20)13-7-4-3-5-8-13/h3-5,7-8,22H,6,9-12H2,1-2H3,(H,17,21)/t16-/m0/s1. The van der Waals surface area contributed by atoms with E-state index in [0.717, 1.165) is 13.0 Å². The van der Waals surface area contributed by atoms with Gasteiger partial charge in [-0.1, -0.05) is 18.2 Å². The molecular weight excluding hydrogens is 298 g/mol. The van der Waals surface area contributed by atoms with Crippen molar-refractivity contribution < 1.29 is 19.4 Å². The van der Waals surface area contributed by atoms with E-state index in [-0.39, 0.29) is 6.42 Å². The zero-order valence-electron chi connectivity index (χ0n) is 13.5. The highest BCUT2D eigenvalue weighted by atomic mass is 16.7. The molecule has 2 amide bonds. The lowest BCUT2D eigenvalue weighted by Gasteiger charge is -2.22. The van der Waals surface area contributed by atoms with E-state index in [2.05, 4.69) is 5.32 Å². The van der Waals surface area contributed by atoms with Crippen molar-refractivity contribution in [3.8, 4) is 0 Å². The average molecular weight is 321 g/mol. The van der Waals surface area contributed by atoms with Crippen LogP contribution in [-0.4, -0.2) is 61.5 Å². The second-order valence-electron chi connectivity index (χ2n) is 5.80. The van der Waals surface area contributed by atoms with E-state index in [1.807, 2.05) is 25.1 Å². The van der Waals surface area contributed by atoms with Crippen LogP contribution in [0.1, 0.15) is 12.8 Å². The molecule has 1 aromatic rings. The Labute approximate surface area is 135 Å². The van der Waals surface area contributed by atoms with Gasteiger partial charge in [-0.25, -0.2) is 4.79 Å². The number of carbonyl (C=O) groups excluding carboxylic acids is 2. The molecule has 1 aromatic carbocycles. The fourth-order valence-electron chi connectivity index (χ4n) is 2.41. The molecule has 2 rings (SSSR count). The molecule has 0 radical (unpaired) electrons. The lowest BCUT2D eigenvalue weighted by atomic mass is 10.2. The van der Waals surface area contributed by atoms with Crippen molar-refractivity contribution >= 4 is 17.7 Å². The van der Waals surface area contributed by atoms with Crippen LogP contribution in [0.5, 0.6) is 0 Å². The molecule has 1 saturated heterocycles. The summed E-state index contributed by atoms with van der Waals surface area (Å²) in [6.45, 7) is 1.54. The number of benzene rings is 1. The van der Waals surface area contributed by atoms with Gasteiger partial charge in [0.2, 0.25) is 0 Å². The van der Waals surface area contributed by atoms with Crippen LogP contribution >= 0.6 is 0 Å². The predicted octanol–water partition coefficient (Wildman–Crippen LogP) is 0.790. The smallest absolute Gasteiger partial charge is 0.407 e. The van der Waals surface area contributed by atoms with Gasteiger partial charge in [0.05, 0.1) is 0 Å². The van der Waals surface area contributed by atoms with E-state index in [9.17, 15) is 14.7 Å². The molecule has 1 atom stereocenters. The molecule has 7 nitrogen and oxygen atoms in total. The molecule has 0 saturated carbocycles. The number of nitrogens with zero attached hydrogens (tertiary/aromatic N) is 2. The third-order valence-corrected chi connectivity index (χ3v) is 3.63. The lowest BCUT2D eigenvalue weighted by molar-refractivity contribution is -0.175. The van der Waals surface area contributed by atoms with Crippen LogP contribution < -0.4 is 10.2 Å². The van der Waals surface area contributed by atoms with Crippen molar-refractivity contribution in [2.75, 3.05) is 38.6 Å². The van der Waals surface area contributed by atoms with Crippen LogP contribution in [0.15, 0.2) is 30.3 Å². The van der Waals surface area contributed by atoms with E-state index in [1.54, 1.807) is 24.3 Å². The summed E-state index contributed by atoms with van der Waals surface area (Å²) in [7, 11) is 3.88. The number of hydrogen-bond acceptors (Lipinski definition) is 5. The Morgan fingerprint density at radius 2 is 2.09 bits per heavy atom. The van der Waals surface area contributed by atoms with Crippen molar-refractivity contribution in [2.24, 2.45) is 0 Å². The average Bonchev–Trinajstić information content (AvgIpc) is 2.80. The van der Waals surface area contributed by atoms with Crippen LogP contribution in [0.2, 0.25) is 0 Å². The zero-order chi connectivity index (χ0) is 16.9. The second kappa shape index (κ2) is 7.43. The van der Waals surface area contributed by atoms with Gasteiger partial charge in [0.25, 0.3) is 11.7 Å². The Bertz CT molecular complexity index is 550. The summed E-state index contributed by atoms with van der Waals surface area (Å²) < 4.78 is 4.97. The van der Waals surface area contributed by atoms with Crippen molar-refractivity contribution in [3.05, 3.63) is 30.3 Å². The summed E-state index contributed by atoms with van der Waals surface area (Å²) >= 11 is 0. The molecule has 7 heteroatoms. The maximum absolute atomic E-state index is 12.3. The molecule has 0 bridgehead atoms. The summed E-state index contributed by atoms with van der Waals surface area (Å²) in [4.78, 5) is 27.5. The maximum atomic E-state index is 12.3. The molecule has 126 valence electrons. The Balaban J connectivity index is 1.87. The van der Waals surface area contributed by atoms with Gasteiger partial charge in [0.1, 0.15) is 0 Å². The quantitative estimate of drug-likeness (QED) is 0.598. The first kappa shape index (κ1) is 17.2. The number of carbonyl (C=O) groups is 2. The molecule has 1 aliphatic rings. The van der Waals surface area contributed by atoms with E-state index >= 15 is 0 Å². The fraction of sp³-hybridized carbons (Fsp3) is 0.500. The molecule has 1 aliphatic heterocycles. The molecule has 0 unspecified atom stereocenters. The number of hydrogen-bond donors (Lipinski definition) is 2. The number of nitrogens with one attached hydrogen (secondary N) is 1. The van der Waals surface area contributed by atoms with Gasteiger partial charge in [-0.05, 0) is 39.2 Å². The Morgan fingerprint density at radius 1 is 1.39 bits per heavy atom. The van der Waals surface area contributed by atoms with E-state index < -0.39 is 17.8 Å². The number of alkyl carbamates (subject to hydrolysis) is 1.